The molecule has 1 atom stereocenters. The molecule has 4 aromatic rings. The molecule has 4 fully saturated rings. The zero-order valence-corrected chi connectivity index (χ0v) is 20.2. The first-order valence-electron chi connectivity index (χ1n) is 12.8. The maximum Gasteiger partial charge on any atom is 0.332 e. The van der Waals surface area contributed by atoms with Crippen molar-refractivity contribution in [2.75, 3.05) is 0 Å². The Kier molecular flexibility index (Phi) is 4.35. The molecule has 1 aromatic carbocycles. The first-order valence-corrected chi connectivity index (χ1v) is 12.8. The van der Waals surface area contributed by atoms with Crippen LogP contribution in [-0.4, -0.2) is 28.2 Å². The molecule has 0 saturated heterocycles. The fourth-order valence-corrected chi connectivity index (χ4v) is 8.00. The Morgan fingerprint density at radius 2 is 1.63 bits per heavy atom. The number of hydrogen-bond acceptors (Lipinski definition) is 4. The van der Waals surface area contributed by atoms with Gasteiger partial charge in [-0.1, -0.05) is 30.3 Å². The van der Waals surface area contributed by atoms with Gasteiger partial charge in [-0.25, -0.2) is 4.79 Å². The summed E-state index contributed by atoms with van der Waals surface area (Å²) in [6.45, 7) is 0.356. The zero-order chi connectivity index (χ0) is 24.1. The van der Waals surface area contributed by atoms with Crippen LogP contribution in [0.25, 0.3) is 16.9 Å². The van der Waals surface area contributed by atoms with Crippen LogP contribution < -0.4 is 11.2 Å². The van der Waals surface area contributed by atoms with Crippen LogP contribution >= 0.6 is 0 Å². The topological polar surface area (TPSA) is 86.5 Å². The molecule has 0 amide bonds. The summed E-state index contributed by atoms with van der Waals surface area (Å²) in [4.78, 5) is 30.6. The zero-order valence-electron chi connectivity index (χ0n) is 20.2. The number of nitrogens with zero attached hydrogens (tertiary/aromatic N) is 5. The molecule has 4 bridgehead atoms. The molecule has 8 heteroatoms. The normalized spacial score (nSPS) is 28.4. The average Bonchev–Trinajstić information content (AvgIpc) is 3.38. The highest BCUT2D eigenvalue weighted by molar-refractivity contribution is 5.75. The van der Waals surface area contributed by atoms with Crippen molar-refractivity contribution in [3.8, 4) is 0 Å². The fourth-order valence-electron chi connectivity index (χ4n) is 8.00. The number of imidazole rings is 2. The van der Waals surface area contributed by atoms with Gasteiger partial charge in [-0.3, -0.25) is 18.3 Å². The van der Waals surface area contributed by atoms with E-state index >= 15 is 0 Å². The highest BCUT2D eigenvalue weighted by Gasteiger charge is 2.53. The first-order chi connectivity index (χ1) is 16.8. The van der Waals surface area contributed by atoms with Gasteiger partial charge in [0.15, 0.2) is 11.2 Å². The number of benzene rings is 1. The molecule has 4 saturated carbocycles. The third-order valence-electron chi connectivity index (χ3n) is 9.18. The largest absolute Gasteiger partial charge is 0.387 e. The van der Waals surface area contributed by atoms with E-state index in [-0.39, 0.29) is 16.7 Å². The highest BCUT2D eigenvalue weighted by Crippen LogP contribution is 2.61. The number of aliphatic hydroxyl groups excluding tert-OH is 1. The lowest BCUT2D eigenvalue weighted by Gasteiger charge is -2.56. The number of aliphatic hydroxyl groups is 1. The van der Waals surface area contributed by atoms with Crippen molar-refractivity contribution in [1.82, 2.24) is 23.1 Å². The molecule has 0 aliphatic heterocycles. The van der Waals surface area contributed by atoms with Crippen molar-refractivity contribution in [3.63, 3.8) is 0 Å². The summed E-state index contributed by atoms with van der Waals surface area (Å²) in [5, 5.41) is 11.3. The molecule has 0 radical (unpaired) electrons. The van der Waals surface area contributed by atoms with Crippen molar-refractivity contribution in [2.24, 2.45) is 31.8 Å². The van der Waals surface area contributed by atoms with Crippen LogP contribution in [0.1, 0.15) is 55.9 Å². The monoisotopic (exact) mass is 473 g/mol. The van der Waals surface area contributed by atoms with Crippen LogP contribution in [0.15, 0.2) is 46.1 Å². The molecule has 182 valence electrons. The Bertz CT molecular complexity index is 1550. The summed E-state index contributed by atoms with van der Waals surface area (Å²) in [7, 11) is 3.17. The average molecular weight is 474 g/mol. The van der Waals surface area contributed by atoms with E-state index in [4.69, 9.17) is 4.98 Å². The van der Waals surface area contributed by atoms with Crippen molar-refractivity contribution in [1.29, 1.82) is 0 Å². The minimum Gasteiger partial charge on any atom is -0.387 e. The number of aryl methyl sites for hydroxylation is 1. The molecule has 4 aliphatic rings. The smallest absolute Gasteiger partial charge is 0.332 e. The molecule has 8 rings (SSSR count). The lowest BCUT2D eigenvalue weighted by molar-refractivity contribution is -0.00950. The molecule has 3 aromatic heterocycles. The van der Waals surface area contributed by atoms with E-state index in [0.29, 0.717) is 23.5 Å². The van der Waals surface area contributed by atoms with Gasteiger partial charge in [0.1, 0.15) is 0 Å². The molecular weight excluding hydrogens is 442 g/mol. The minimum atomic E-state index is -0.702. The van der Waals surface area contributed by atoms with Crippen molar-refractivity contribution in [2.45, 2.75) is 56.6 Å². The van der Waals surface area contributed by atoms with Crippen molar-refractivity contribution < 1.29 is 5.11 Å². The Labute approximate surface area is 202 Å². The second kappa shape index (κ2) is 7.20. The van der Waals surface area contributed by atoms with Crippen LogP contribution in [0.4, 0.5) is 0 Å². The number of hydrogen-bond donors (Lipinski definition) is 1. The summed E-state index contributed by atoms with van der Waals surface area (Å²) in [5.74, 6) is 2.92. The summed E-state index contributed by atoms with van der Waals surface area (Å²) in [6, 6.07) is 9.71. The van der Waals surface area contributed by atoms with E-state index in [1.54, 1.807) is 7.05 Å². The predicted octanol–water partition coefficient (Wildman–Crippen LogP) is 2.89. The lowest BCUT2D eigenvalue weighted by Crippen LogP contribution is -2.49. The van der Waals surface area contributed by atoms with Gasteiger partial charge in [0.05, 0.1) is 12.6 Å². The van der Waals surface area contributed by atoms with Gasteiger partial charge in [0.2, 0.25) is 5.78 Å². The molecular formula is C27H31N5O3. The summed E-state index contributed by atoms with van der Waals surface area (Å²) >= 11 is 0. The standard InChI is InChI=1S/C27H31N5O3/c1-29-23-22(24(34)30(2)26(29)35)32-15-21(27-11-16-8-17(12-27)10-18(9-16)13-27)31(25(32)28-23)14-20(33)19-6-4-3-5-7-19/h3-7,15-18,20,33H,8-14H2,1-2H3/t16?,17?,18?,20-,27?/m0/s1. The van der Waals surface area contributed by atoms with E-state index in [1.807, 2.05) is 34.7 Å². The van der Waals surface area contributed by atoms with Gasteiger partial charge < -0.3 is 9.67 Å². The minimum absolute atomic E-state index is 0.0596. The van der Waals surface area contributed by atoms with Gasteiger partial charge >= 0.3 is 5.69 Å². The maximum atomic E-state index is 13.2. The first kappa shape index (κ1) is 21.2. The molecule has 0 spiro atoms. The van der Waals surface area contributed by atoms with Gasteiger partial charge in [-0.15, -0.1) is 0 Å². The number of rotatable bonds is 4. The van der Waals surface area contributed by atoms with Crippen LogP contribution in [0.3, 0.4) is 0 Å². The van der Waals surface area contributed by atoms with Gasteiger partial charge in [0.25, 0.3) is 5.56 Å². The van der Waals surface area contributed by atoms with E-state index in [2.05, 4.69) is 10.8 Å². The highest BCUT2D eigenvalue weighted by atomic mass is 16.3. The SMILES string of the molecule is Cn1c(=O)c2c(nc3n(C[C@H](O)c4ccccc4)c(C45CC6CC(CC(C6)C4)C5)cn23)n(C)c1=O. The quantitative estimate of drug-likeness (QED) is 0.494. The van der Waals surface area contributed by atoms with Gasteiger partial charge in [-0.2, -0.15) is 4.98 Å². The lowest BCUT2D eigenvalue weighted by atomic mass is 9.49. The van der Waals surface area contributed by atoms with Crippen LogP contribution in [0, 0.1) is 17.8 Å². The number of aromatic nitrogens is 5. The Morgan fingerprint density at radius 1 is 1.00 bits per heavy atom. The summed E-state index contributed by atoms with van der Waals surface area (Å²) < 4.78 is 6.61. The molecule has 1 N–H and O–H groups in total. The Balaban J connectivity index is 1.48. The Hall–Kier alpha value is -3.13. The second-order valence-electron chi connectivity index (χ2n) is 11.4. The maximum absolute atomic E-state index is 13.2. The summed E-state index contributed by atoms with van der Waals surface area (Å²) in [6.07, 6.45) is 8.93. The molecule has 0 unspecified atom stereocenters. The van der Waals surface area contributed by atoms with Crippen LogP contribution in [-0.2, 0) is 26.1 Å². The van der Waals surface area contributed by atoms with E-state index < -0.39 is 6.10 Å². The van der Waals surface area contributed by atoms with Crippen LogP contribution in [0.5, 0.6) is 0 Å². The van der Waals surface area contributed by atoms with Gasteiger partial charge in [-0.05, 0) is 61.8 Å². The van der Waals surface area contributed by atoms with E-state index in [1.165, 1.54) is 55.8 Å². The molecule has 4 aliphatic carbocycles. The van der Waals surface area contributed by atoms with E-state index in [0.717, 1.165) is 27.9 Å². The summed E-state index contributed by atoms with van der Waals surface area (Å²) in [5.41, 5.74) is 2.18. The third-order valence-corrected chi connectivity index (χ3v) is 9.18. The predicted molar refractivity (Wildman–Crippen MR) is 132 cm³/mol. The Morgan fingerprint density at radius 3 is 2.26 bits per heavy atom. The van der Waals surface area contributed by atoms with Crippen molar-refractivity contribution in [3.05, 3.63) is 68.6 Å². The molecule has 3 heterocycles. The fraction of sp³-hybridized carbons (Fsp3) is 0.519. The molecule has 8 nitrogen and oxygen atoms in total. The van der Waals surface area contributed by atoms with Crippen molar-refractivity contribution >= 4 is 16.9 Å². The van der Waals surface area contributed by atoms with E-state index in [9.17, 15) is 14.7 Å². The number of fused-ring (bicyclic) bond motifs is 3. The van der Waals surface area contributed by atoms with Crippen LogP contribution in [0.2, 0.25) is 0 Å². The molecule has 35 heavy (non-hydrogen) atoms. The second-order valence-corrected chi connectivity index (χ2v) is 11.4. The van der Waals surface area contributed by atoms with Gasteiger partial charge in [0, 0.05) is 31.4 Å². The third kappa shape index (κ3) is 2.92.